The van der Waals surface area contributed by atoms with Crippen molar-refractivity contribution in [2.24, 2.45) is 11.1 Å². The summed E-state index contributed by atoms with van der Waals surface area (Å²) in [4.78, 5) is 23.3. The van der Waals surface area contributed by atoms with Crippen LogP contribution in [-0.2, 0) is 20.7 Å². The fourth-order valence-corrected chi connectivity index (χ4v) is 1.91. The van der Waals surface area contributed by atoms with E-state index in [1.807, 2.05) is 30.3 Å². The Morgan fingerprint density at radius 2 is 1.89 bits per heavy atom. The Labute approximate surface area is 113 Å². The van der Waals surface area contributed by atoms with Gasteiger partial charge in [-0.3, -0.25) is 9.59 Å². The largest absolute Gasteiger partial charge is 0.465 e. The highest BCUT2D eigenvalue weighted by Gasteiger charge is 2.40. The Bertz CT molecular complexity index is 430. The van der Waals surface area contributed by atoms with Crippen LogP contribution in [0.2, 0.25) is 0 Å². The summed E-state index contributed by atoms with van der Waals surface area (Å²) in [6.07, 6.45) is 1.92. The zero-order chi connectivity index (χ0) is 14.3. The number of nitrogens with two attached hydrogens (primary N) is 1. The van der Waals surface area contributed by atoms with Crippen LogP contribution in [0.4, 0.5) is 0 Å². The first-order valence-corrected chi connectivity index (χ1v) is 6.51. The first-order chi connectivity index (χ1) is 9.00. The molecule has 104 valence electrons. The van der Waals surface area contributed by atoms with Crippen LogP contribution >= 0.6 is 0 Å². The first-order valence-electron chi connectivity index (χ1n) is 6.51. The predicted octanol–water partition coefficient (Wildman–Crippen LogP) is 2.06. The maximum absolute atomic E-state index is 11.8. The molecule has 0 aliphatic rings. The molecule has 1 aromatic rings. The summed E-state index contributed by atoms with van der Waals surface area (Å²) in [6.45, 7) is 3.52. The van der Waals surface area contributed by atoms with Crippen molar-refractivity contribution in [1.29, 1.82) is 0 Å². The summed E-state index contributed by atoms with van der Waals surface area (Å²) < 4.78 is 4.93. The molecule has 1 amide bonds. The van der Waals surface area contributed by atoms with Crippen LogP contribution in [0.3, 0.4) is 0 Å². The van der Waals surface area contributed by atoms with E-state index in [4.69, 9.17) is 10.5 Å². The number of primary amides is 1. The number of benzene rings is 1. The molecule has 0 heterocycles. The number of esters is 1. The number of rotatable bonds is 7. The number of carbonyl (C=O) groups excluding carboxylic acids is 2. The van der Waals surface area contributed by atoms with Gasteiger partial charge < -0.3 is 10.5 Å². The van der Waals surface area contributed by atoms with Crippen molar-refractivity contribution >= 4 is 11.9 Å². The van der Waals surface area contributed by atoms with Crippen molar-refractivity contribution in [1.82, 2.24) is 0 Å². The number of hydrogen-bond acceptors (Lipinski definition) is 3. The normalized spacial score (nSPS) is 13.6. The van der Waals surface area contributed by atoms with Crippen LogP contribution in [0.25, 0.3) is 0 Å². The lowest BCUT2D eigenvalue weighted by Crippen LogP contribution is -2.42. The molecular weight excluding hydrogens is 242 g/mol. The minimum absolute atomic E-state index is 0.250. The van der Waals surface area contributed by atoms with Gasteiger partial charge in [0.1, 0.15) is 5.41 Å². The van der Waals surface area contributed by atoms with Gasteiger partial charge in [-0.2, -0.15) is 0 Å². The Balaban J connectivity index is 2.60. The van der Waals surface area contributed by atoms with Crippen LogP contribution in [0.1, 0.15) is 32.3 Å². The van der Waals surface area contributed by atoms with Gasteiger partial charge in [0.05, 0.1) is 6.61 Å². The minimum atomic E-state index is -1.23. The second kappa shape index (κ2) is 6.92. The lowest BCUT2D eigenvalue weighted by atomic mass is 9.83. The zero-order valence-corrected chi connectivity index (χ0v) is 11.5. The van der Waals surface area contributed by atoms with E-state index in [0.29, 0.717) is 12.8 Å². The Kier molecular flexibility index (Phi) is 5.55. The molecule has 4 nitrogen and oxygen atoms in total. The fourth-order valence-electron chi connectivity index (χ4n) is 1.91. The summed E-state index contributed by atoms with van der Waals surface area (Å²) in [5.74, 6) is -1.16. The van der Waals surface area contributed by atoms with Crippen molar-refractivity contribution in [2.45, 2.75) is 33.1 Å². The summed E-state index contributed by atoms with van der Waals surface area (Å²) in [5, 5.41) is 0. The Morgan fingerprint density at radius 1 is 1.26 bits per heavy atom. The molecule has 4 heteroatoms. The predicted molar refractivity (Wildman–Crippen MR) is 73.3 cm³/mol. The molecule has 0 spiro atoms. The van der Waals surface area contributed by atoms with E-state index in [1.165, 1.54) is 5.56 Å². The molecule has 2 N–H and O–H groups in total. The van der Waals surface area contributed by atoms with E-state index >= 15 is 0 Å². The fraction of sp³-hybridized carbons (Fsp3) is 0.467. The SMILES string of the molecule is CCOC(=O)C(C)(CCCc1ccccc1)C(N)=O. The average Bonchev–Trinajstić information content (AvgIpc) is 2.39. The van der Waals surface area contributed by atoms with Gasteiger partial charge in [-0.1, -0.05) is 30.3 Å². The first kappa shape index (κ1) is 15.2. The van der Waals surface area contributed by atoms with Gasteiger partial charge in [-0.25, -0.2) is 0 Å². The highest BCUT2D eigenvalue weighted by molar-refractivity contribution is 6.01. The molecule has 0 aliphatic carbocycles. The maximum atomic E-state index is 11.8. The molecule has 1 rings (SSSR count). The molecule has 0 aromatic heterocycles. The summed E-state index contributed by atoms with van der Waals surface area (Å²) in [7, 11) is 0. The second-order valence-electron chi connectivity index (χ2n) is 4.76. The van der Waals surface area contributed by atoms with E-state index in [-0.39, 0.29) is 6.61 Å². The van der Waals surface area contributed by atoms with Gasteiger partial charge in [0.2, 0.25) is 5.91 Å². The summed E-state index contributed by atoms with van der Waals surface area (Å²) in [6, 6.07) is 9.93. The van der Waals surface area contributed by atoms with Crippen molar-refractivity contribution in [3.8, 4) is 0 Å². The molecule has 1 unspecified atom stereocenters. The van der Waals surface area contributed by atoms with E-state index in [2.05, 4.69) is 0 Å². The number of carbonyl (C=O) groups is 2. The van der Waals surface area contributed by atoms with Gasteiger partial charge in [0.15, 0.2) is 0 Å². The van der Waals surface area contributed by atoms with E-state index in [0.717, 1.165) is 6.42 Å². The van der Waals surface area contributed by atoms with E-state index < -0.39 is 17.3 Å². The smallest absolute Gasteiger partial charge is 0.321 e. The lowest BCUT2D eigenvalue weighted by Gasteiger charge is -2.23. The summed E-state index contributed by atoms with van der Waals surface area (Å²) in [5.41, 5.74) is 5.29. The number of aryl methyl sites for hydroxylation is 1. The molecule has 1 atom stereocenters. The average molecular weight is 263 g/mol. The molecule has 19 heavy (non-hydrogen) atoms. The van der Waals surface area contributed by atoms with Gasteiger partial charge in [0.25, 0.3) is 0 Å². The molecule has 0 saturated heterocycles. The quantitative estimate of drug-likeness (QED) is 0.604. The second-order valence-corrected chi connectivity index (χ2v) is 4.76. The minimum Gasteiger partial charge on any atom is -0.465 e. The molecule has 0 saturated carbocycles. The van der Waals surface area contributed by atoms with Crippen molar-refractivity contribution in [3.63, 3.8) is 0 Å². The Hall–Kier alpha value is -1.84. The molecule has 1 aromatic carbocycles. The summed E-state index contributed by atoms with van der Waals surface area (Å²) >= 11 is 0. The molecule has 0 aliphatic heterocycles. The third-order valence-electron chi connectivity index (χ3n) is 3.25. The maximum Gasteiger partial charge on any atom is 0.321 e. The number of ether oxygens (including phenoxy) is 1. The third kappa shape index (κ3) is 4.09. The molecule has 0 fully saturated rings. The van der Waals surface area contributed by atoms with Crippen LogP contribution in [-0.4, -0.2) is 18.5 Å². The van der Waals surface area contributed by atoms with Crippen molar-refractivity contribution in [3.05, 3.63) is 35.9 Å². The molecular formula is C15H21NO3. The number of hydrogen-bond donors (Lipinski definition) is 1. The lowest BCUT2D eigenvalue weighted by molar-refractivity contribution is -0.159. The Morgan fingerprint density at radius 3 is 2.42 bits per heavy atom. The van der Waals surface area contributed by atoms with Crippen molar-refractivity contribution in [2.75, 3.05) is 6.61 Å². The van der Waals surface area contributed by atoms with Crippen molar-refractivity contribution < 1.29 is 14.3 Å². The van der Waals surface area contributed by atoms with E-state index in [9.17, 15) is 9.59 Å². The van der Waals surface area contributed by atoms with Gasteiger partial charge >= 0.3 is 5.97 Å². The van der Waals surface area contributed by atoms with Crippen LogP contribution in [0.5, 0.6) is 0 Å². The van der Waals surface area contributed by atoms with Crippen LogP contribution in [0, 0.1) is 5.41 Å². The topological polar surface area (TPSA) is 69.4 Å². The van der Waals surface area contributed by atoms with E-state index in [1.54, 1.807) is 13.8 Å². The molecule has 0 bridgehead atoms. The third-order valence-corrected chi connectivity index (χ3v) is 3.25. The number of amides is 1. The van der Waals surface area contributed by atoms with Crippen LogP contribution in [0.15, 0.2) is 30.3 Å². The zero-order valence-electron chi connectivity index (χ0n) is 11.5. The van der Waals surface area contributed by atoms with Gasteiger partial charge in [-0.05, 0) is 38.7 Å². The highest BCUT2D eigenvalue weighted by Crippen LogP contribution is 2.26. The van der Waals surface area contributed by atoms with Gasteiger partial charge in [-0.15, -0.1) is 0 Å². The van der Waals surface area contributed by atoms with Crippen LogP contribution < -0.4 is 5.73 Å². The monoisotopic (exact) mass is 263 g/mol. The highest BCUT2D eigenvalue weighted by atomic mass is 16.5. The molecule has 0 radical (unpaired) electrons. The standard InChI is InChI=1S/C15H21NO3/c1-3-19-14(18)15(2,13(16)17)11-7-10-12-8-5-4-6-9-12/h4-6,8-9H,3,7,10-11H2,1-2H3,(H2,16,17). The van der Waals surface area contributed by atoms with Gasteiger partial charge in [0, 0.05) is 0 Å².